The summed E-state index contributed by atoms with van der Waals surface area (Å²) in [5.74, 6) is -0.364. The third kappa shape index (κ3) is 5.22. The van der Waals surface area contributed by atoms with Gasteiger partial charge in [0.2, 0.25) is 0 Å². The largest absolute Gasteiger partial charge is 0.481 e. The van der Waals surface area contributed by atoms with E-state index in [4.69, 9.17) is 4.74 Å². The summed E-state index contributed by atoms with van der Waals surface area (Å²) in [7, 11) is 1.24. The third-order valence-electron chi connectivity index (χ3n) is 6.01. The number of fused-ring (bicyclic) bond motifs is 2. The standard InChI is InChI=1S/C29H20F3N3O4/c1-38-26(36)17-39-25-14-13-18-7-2-3-10-21(18)23(25)16-33-35-27(19-8-6-9-20(15-19)29(30,31)32)34-24-12-5-4-11-22(24)28(35)37/h2-16H,17H2,1H3. The van der Waals surface area contributed by atoms with Crippen molar-refractivity contribution < 1.29 is 27.4 Å². The summed E-state index contributed by atoms with van der Waals surface area (Å²) < 4.78 is 51.7. The number of para-hydroxylation sites is 1. The van der Waals surface area contributed by atoms with Gasteiger partial charge in [-0.05, 0) is 41.1 Å². The van der Waals surface area contributed by atoms with Gasteiger partial charge in [-0.2, -0.15) is 22.9 Å². The molecule has 7 nitrogen and oxygen atoms in total. The topological polar surface area (TPSA) is 82.8 Å². The Labute approximate surface area is 219 Å². The van der Waals surface area contributed by atoms with E-state index < -0.39 is 23.3 Å². The first-order chi connectivity index (χ1) is 18.8. The second-order valence-electron chi connectivity index (χ2n) is 8.46. The van der Waals surface area contributed by atoms with Gasteiger partial charge in [0.25, 0.3) is 5.56 Å². The van der Waals surface area contributed by atoms with Crippen LogP contribution < -0.4 is 10.3 Å². The van der Waals surface area contributed by atoms with Crippen molar-refractivity contribution >= 4 is 33.9 Å². The number of carbonyl (C=O) groups excluding carboxylic acids is 1. The van der Waals surface area contributed by atoms with Gasteiger partial charge in [0, 0.05) is 11.1 Å². The molecule has 5 rings (SSSR count). The predicted octanol–water partition coefficient (Wildman–Crippen LogP) is 5.67. The summed E-state index contributed by atoms with van der Waals surface area (Å²) in [6.45, 7) is -0.358. The number of halogens is 3. The molecule has 0 aliphatic heterocycles. The Bertz CT molecular complexity index is 1800. The summed E-state index contributed by atoms with van der Waals surface area (Å²) in [6, 6.07) is 21.8. The molecule has 0 bridgehead atoms. The molecule has 5 aromatic rings. The average molecular weight is 531 g/mol. The minimum absolute atomic E-state index is 0.0601. The lowest BCUT2D eigenvalue weighted by molar-refractivity contribution is -0.143. The van der Waals surface area contributed by atoms with E-state index in [0.717, 1.165) is 22.2 Å². The van der Waals surface area contributed by atoms with Gasteiger partial charge in [-0.25, -0.2) is 9.78 Å². The Morgan fingerprint density at radius 2 is 1.72 bits per heavy atom. The SMILES string of the molecule is COC(=O)COc1ccc2ccccc2c1C=Nn1c(-c2cccc(C(F)(F)F)c2)nc2ccccc2c1=O. The van der Waals surface area contributed by atoms with Gasteiger partial charge >= 0.3 is 12.1 Å². The molecular formula is C29H20F3N3O4. The highest BCUT2D eigenvalue weighted by Gasteiger charge is 2.31. The van der Waals surface area contributed by atoms with E-state index in [1.807, 2.05) is 24.3 Å². The van der Waals surface area contributed by atoms with Crippen molar-refractivity contribution in [2.45, 2.75) is 6.18 Å². The van der Waals surface area contributed by atoms with Crippen LogP contribution in [0.4, 0.5) is 13.2 Å². The monoisotopic (exact) mass is 531 g/mol. The maximum absolute atomic E-state index is 13.5. The van der Waals surface area contributed by atoms with Crippen LogP contribution in [0.3, 0.4) is 0 Å². The molecular weight excluding hydrogens is 511 g/mol. The van der Waals surface area contributed by atoms with E-state index in [1.165, 1.54) is 25.5 Å². The van der Waals surface area contributed by atoms with E-state index in [1.54, 1.807) is 36.4 Å². The van der Waals surface area contributed by atoms with Gasteiger partial charge in [0.05, 0.1) is 29.8 Å². The maximum Gasteiger partial charge on any atom is 0.416 e. The normalized spacial score (nSPS) is 11.8. The van der Waals surface area contributed by atoms with Crippen molar-refractivity contribution in [2.75, 3.05) is 13.7 Å². The Morgan fingerprint density at radius 3 is 2.49 bits per heavy atom. The first kappa shape index (κ1) is 25.7. The fraction of sp³-hybridized carbons (Fsp3) is 0.103. The molecule has 196 valence electrons. The third-order valence-corrected chi connectivity index (χ3v) is 6.01. The van der Waals surface area contributed by atoms with Crippen molar-refractivity contribution in [3.8, 4) is 17.1 Å². The molecule has 1 heterocycles. The van der Waals surface area contributed by atoms with E-state index in [0.29, 0.717) is 22.2 Å². The Morgan fingerprint density at radius 1 is 0.974 bits per heavy atom. The van der Waals surface area contributed by atoms with Crippen LogP contribution in [-0.4, -0.2) is 35.6 Å². The molecule has 0 aliphatic rings. The molecule has 0 aliphatic carbocycles. The van der Waals surface area contributed by atoms with Crippen LogP contribution in [0.25, 0.3) is 33.1 Å². The Hall–Kier alpha value is -4.99. The van der Waals surface area contributed by atoms with E-state index in [-0.39, 0.29) is 23.4 Å². The molecule has 0 N–H and O–H groups in total. The number of esters is 1. The van der Waals surface area contributed by atoms with Crippen molar-refractivity contribution in [3.05, 3.63) is 106 Å². The second kappa shape index (κ2) is 10.4. The number of hydrogen-bond acceptors (Lipinski definition) is 6. The number of aromatic nitrogens is 2. The highest BCUT2D eigenvalue weighted by atomic mass is 19.4. The number of carbonyl (C=O) groups is 1. The van der Waals surface area contributed by atoms with Crippen LogP contribution in [0, 0.1) is 0 Å². The van der Waals surface area contributed by atoms with Gasteiger partial charge in [-0.3, -0.25) is 4.79 Å². The summed E-state index contributed by atoms with van der Waals surface area (Å²) in [6.07, 6.45) is -3.22. The van der Waals surface area contributed by atoms with Gasteiger partial charge in [0.15, 0.2) is 12.4 Å². The zero-order chi connectivity index (χ0) is 27.6. The zero-order valence-corrected chi connectivity index (χ0v) is 20.5. The Kier molecular flexibility index (Phi) is 6.84. The number of methoxy groups -OCH3 is 1. The van der Waals surface area contributed by atoms with Crippen LogP contribution in [0.2, 0.25) is 0 Å². The molecule has 0 amide bonds. The molecule has 0 radical (unpaired) electrons. The minimum atomic E-state index is -4.59. The molecule has 0 spiro atoms. The summed E-state index contributed by atoms with van der Waals surface area (Å²) >= 11 is 0. The number of ether oxygens (including phenoxy) is 2. The van der Waals surface area contributed by atoms with E-state index in [2.05, 4.69) is 14.8 Å². The number of alkyl halides is 3. The van der Waals surface area contributed by atoms with Crippen molar-refractivity contribution in [3.63, 3.8) is 0 Å². The Balaban J connectivity index is 1.71. The molecule has 0 saturated carbocycles. The highest BCUT2D eigenvalue weighted by Crippen LogP contribution is 2.32. The molecule has 0 saturated heterocycles. The van der Waals surface area contributed by atoms with Gasteiger partial charge in [-0.1, -0.05) is 54.6 Å². The van der Waals surface area contributed by atoms with Gasteiger partial charge in [0.1, 0.15) is 5.75 Å². The molecule has 0 atom stereocenters. The first-order valence-corrected chi connectivity index (χ1v) is 11.7. The zero-order valence-electron chi connectivity index (χ0n) is 20.5. The minimum Gasteiger partial charge on any atom is -0.481 e. The molecule has 39 heavy (non-hydrogen) atoms. The predicted molar refractivity (Wildman–Crippen MR) is 141 cm³/mol. The smallest absolute Gasteiger partial charge is 0.416 e. The van der Waals surface area contributed by atoms with Gasteiger partial charge < -0.3 is 9.47 Å². The molecule has 10 heteroatoms. The first-order valence-electron chi connectivity index (χ1n) is 11.7. The van der Waals surface area contributed by atoms with E-state index >= 15 is 0 Å². The van der Waals surface area contributed by atoms with Crippen molar-refractivity contribution in [2.24, 2.45) is 5.10 Å². The molecule has 0 unspecified atom stereocenters. The van der Waals surface area contributed by atoms with Crippen LogP contribution in [0.5, 0.6) is 5.75 Å². The number of benzene rings is 4. The average Bonchev–Trinajstić information content (AvgIpc) is 2.95. The van der Waals surface area contributed by atoms with Crippen molar-refractivity contribution in [1.82, 2.24) is 9.66 Å². The second-order valence-corrected chi connectivity index (χ2v) is 8.46. The van der Waals surface area contributed by atoms with E-state index in [9.17, 15) is 22.8 Å². The number of nitrogens with zero attached hydrogens (tertiary/aromatic N) is 3. The summed E-state index contributed by atoms with van der Waals surface area (Å²) in [5, 5.41) is 6.19. The van der Waals surface area contributed by atoms with Gasteiger partial charge in [-0.15, -0.1) is 0 Å². The number of rotatable bonds is 6. The van der Waals surface area contributed by atoms with Crippen LogP contribution in [0.15, 0.2) is 94.8 Å². The fourth-order valence-electron chi connectivity index (χ4n) is 4.10. The fourth-order valence-corrected chi connectivity index (χ4v) is 4.10. The highest BCUT2D eigenvalue weighted by molar-refractivity contribution is 6.02. The van der Waals surface area contributed by atoms with Crippen molar-refractivity contribution in [1.29, 1.82) is 0 Å². The van der Waals surface area contributed by atoms with Crippen LogP contribution >= 0.6 is 0 Å². The lowest BCUT2D eigenvalue weighted by Gasteiger charge is -2.13. The molecule has 0 fully saturated rings. The summed E-state index contributed by atoms with van der Waals surface area (Å²) in [5.41, 5.74) is -0.627. The van der Waals surface area contributed by atoms with Crippen LogP contribution in [0.1, 0.15) is 11.1 Å². The lowest BCUT2D eigenvalue weighted by Crippen LogP contribution is -2.20. The number of hydrogen-bond donors (Lipinski definition) is 0. The van der Waals surface area contributed by atoms with Crippen LogP contribution in [-0.2, 0) is 15.7 Å². The molecule has 1 aromatic heterocycles. The lowest BCUT2D eigenvalue weighted by atomic mass is 10.0. The quantitative estimate of drug-likeness (QED) is 0.208. The molecule has 4 aromatic carbocycles. The summed E-state index contributed by atoms with van der Waals surface area (Å²) in [4.78, 5) is 29.7. The maximum atomic E-state index is 13.5.